The minimum Gasteiger partial charge on any atom is -0.487 e. The molecule has 112 valence electrons. The van der Waals surface area contributed by atoms with Crippen LogP contribution >= 0.6 is 0 Å². The van der Waals surface area contributed by atoms with Crippen LogP contribution in [0, 0.1) is 5.92 Å². The maximum absolute atomic E-state index is 10.0. The fourth-order valence-electron chi connectivity index (χ4n) is 2.89. The molecule has 0 radical (unpaired) electrons. The number of nitrogens with one attached hydrogen (secondary N) is 1. The maximum Gasteiger partial charge on any atom is 0.124 e. The predicted molar refractivity (Wildman–Crippen MR) is 82.0 cm³/mol. The smallest absolute Gasteiger partial charge is 0.124 e. The van der Waals surface area contributed by atoms with Gasteiger partial charge in [0.15, 0.2) is 0 Å². The number of aliphatic hydroxyl groups is 1. The molecule has 0 amide bonds. The van der Waals surface area contributed by atoms with Crippen LogP contribution in [0.25, 0.3) is 0 Å². The van der Waals surface area contributed by atoms with Crippen molar-refractivity contribution in [2.75, 3.05) is 6.54 Å². The first-order valence-electron chi connectivity index (χ1n) is 7.57. The van der Waals surface area contributed by atoms with Crippen LogP contribution < -0.4 is 10.1 Å². The molecule has 2 atom stereocenters. The van der Waals surface area contributed by atoms with Gasteiger partial charge in [0.25, 0.3) is 0 Å². The maximum atomic E-state index is 10.0. The minimum atomic E-state index is -0.284. The van der Waals surface area contributed by atoms with Gasteiger partial charge >= 0.3 is 0 Å². The van der Waals surface area contributed by atoms with E-state index in [4.69, 9.17) is 4.74 Å². The summed E-state index contributed by atoms with van der Waals surface area (Å²) in [6.07, 6.45) is 1.47. The molecule has 1 heterocycles. The van der Waals surface area contributed by atoms with Crippen LogP contribution in [0.5, 0.6) is 5.75 Å². The van der Waals surface area contributed by atoms with E-state index >= 15 is 0 Å². The molecular weight excluding hydrogens is 250 g/mol. The van der Waals surface area contributed by atoms with Crippen LogP contribution in [-0.2, 0) is 0 Å². The second-order valence-corrected chi connectivity index (χ2v) is 6.85. The third kappa shape index (κ3) is 3.97. The van der Waals surface area contributed by atoms with Gasteiger partial charge in [0.05, 0.1) is 6.10 Å². The average Bonchev–Trinajstić information content (AvgIpc) is 2.33. The summed E-state index contributed by atoms with van der Waals surface area (Å²) in [5.74, 6) is 1.48. The normalized spacial score (nSPS) is 22.2. The van der Waals surface area contributed by atoms with Crippen molar-refractivity contribution in [1.29, 1.82) is 0 Å². The summed E-state index contributed by atoms with van der Waals surface area (Å²) in [6.45, 7) is 9.13. The molecule has 1 aromatic rings. The van der Waals surface area contributed by atoms with Crippen LogP contribution in [0.3, 0.4) is 0 Å². The van der Waals surface area contributed by atoms with E-state index in [2.05, 4.69) is 39.1 Å². The lowest BCUT2D eigenvalue weighted by atomic mass is 9.89. The van der Waals surface area contributed by atoms with E-state index in [1.165, 1.54) is 5.56 Å². The molecule has 1 aromatic carbocycles. The molecule has 3 heteroatoms. The van der Waals surface area contributed by atoms with Gasteiger partial charge in [-0.3, -0.25) is 0 Å². The predicted octanol–water partition coefficient (Wildman–Crippen LogP) is 3.29. The highest BCUT2D eigenvalue weighted by molar-refractivity contribution is 5.38. The van der Waals surface area contributed by atoms with Gasteiger partial charge in [-0.2, -0.15) is 0 Å². The highest BCUT2D eigenvalue weighted by Crippen LogP contribution is 2.39. The topological polar surface area (TPSA) is 41.5 Å². The number of hydrogen-bond acceptors (Lipinski definition) is 3. The van der Waals surface area contributed by atoms with Gasteiger partial charge in [-0.1, -0.05) is 32.0 Å². The highest BCUT2D eigenvalue weighted by Gasteiger charge is 2.33. The molecule has 0 aliphatic carbocycles. The number of para-hydroxylation sites is 1. The van der Waals surface area contributed by atoms with E-state index in [9.17, 15) is 5.11 Å². The second kappa shape index (κ2) is 6.15. The molecule has 0 saturated heterocycles. The molecule has 1 aliphatic heterocycles. The molecule has 0 aromatic heterocycles. The Kier molecular flexibility index (Phi) is 4.71. The molecule has 0 fully saturated rings. The van der Waals surface area contributed by atoms with Crippen molar-refractivity contribution in [2.45, 2.75) is 58.3 Å². The first-order valence-corrected chi connectivity index (χ1v) is 7.57. The van der Waals surface area contributed by atoms with Gasteiger partial charge in [-0.05, 0) is 32.3 Å². The molecule has 2 N–H and O–H groups in total. The third-order valence-electron chi connectivity index (χ3n) is 3.72. The summed E-state index contributed by atoms with van der Waals surface area (Å²) in [5, 5.41) is 13.5. The molecule has 2 rings (SSSR count). The molecule has 0 spiro atoms. The first-order chi connectivity index (χ1) is 9.37. The lowest BCUT2D eigenvalue weighted by molar-refractivity contribution is 0.0607. The summed E-state index contributed by atoms with van der Waals surface area (Å²) < 4.78 is 6.02. The number of hydrogen-bond donors (Lipinski definition) is 2. The zero-order valence-electron chi connectivity index (χ0n) is 13.0. The van der Waals surface area contributed by atoms with Gasteiger partial charge in [0.2, 0.25) is 0 Å². The fourth-order valence-corrected chi connectivity index (χ4v) is 2.89. The van der Waals surface area contributed by atoms with Gasteiger partial charge in [0.1, 0.15) is 11.4 Å². The minimum absolute atomic E-state index is 0.172. The zero-order valence-corrected chi connectivity index (χ0v) is 13.0. The third-order valence-corrected chi connectivity index (χ3v) is 3.72. The number of rotatable bonds is 5. The van der Waals surface area contributed by atoms with Crippen molar-refractivity contribution >= 4 is 0 Å². The van der Waals surface area contributed by atoms with Crippen LogP contribution in [-0.4, -0.2) is 23.4 Å². The Hall–Kier alpha value is -1.06. The van der Waals surface area contributed by atoms with Gasteiger partial charge in [-0.15, -0.1) is 0 Å². The molecule has 3 nitrogen and oxygen atoms in total. The highest BCUT2D eigenvalue weighted by atomic mass is 16.5. The van der Waals surface area contributed by atoms with E-state index < -0.39 is 0 Å². The Morgan fingerprint density at radius 3 is 2.75 bits per heavy atom. The molecule has 2 unspecified atom stereocenters. The number of aliphatic hydroxyl groups excluding tert-OH is 1. The van der Waals surface area contributed by atoms with E-state index in [0.717, 1.165) is 18.6 Å². The van der Waals surface area contributed by atoms with E-state index in [1.807, 2.05) is 18.2 Å². The number of ether oxygens (including phenoxy) is 1. The van der Waals surface area contributed by atoms with E-state index in [0.29, 0.717) is 12.5 Å². The van der Waals surface area contributed by atoms with Crippen molar-refractivity contribution in [1.82, 2.24) is 5.32 Å². The lowest BCUT2D eigenvalue weighted by Crippen LogP contribution is -2.41. The Morgan fingerprint density at radius 2 is 2.05 bits per heavy atom. The van der Waals surface area contributed by atoms with Crippen molar-refractivity contribution in [3.05, 3.63) is 29.8 Å². The standard InChI is InChI=1S/C17H27NO2/c1-12(2)9-13(19)11-18-15-10-17(3,4)20-16-8-6-5-7-14(15)16/h5-8,12-13,15,18-19H,9-11H2,1-4H3. The molecule has 0 saturated carbocycles. The van der Waals surface area contributed by atoms with Crippen LogP contribution in [0.4, 0.5) is 0 Å². The SMILES string of the molecule is CC(C)CC(O)CNC1CC(C)(C)Oc2ccccc21. The van der Waals surface area contributed by atoms with Crippen molar-refractivity contribution in [2.24, 2.45) is 5.92 Å². The van der Waals surface area contributed by atoms with Crippen LogP contribution in [0.15, 0.2) is 24.3 Å². The monoisotopic (exact) mass is 277 g/mol. The zero-order chi connectivity index (χ0) is 14.8. The second-order valence-electron chi connectivity index (χ2n) is 6.85. The number of fused-ring (bicyclic) bond motifs is 1. The molecule has 1 aliphatic rings. The Balaban J connectivity index is 2.04. The largest absolute Gasteiger partial charge is 0.487 e. The van der Waals surface area contributed by atoms with Crippen molar-refractivity contribution in [3.63, 3.8) is 0 Å². The average molecular weight is 277 g/mol. The Morgan fingerprint density at radius 1 is 1.35 bits per heavy atom. The van der Waals surface area contributed by atoms with Gasteiger partial charge in [-0.25, -0.2) is 0 Å². The van der Waals surface area contributed by atoms with Gasteiger partial charge < -0.3 is 15.2 Å². The quantitative estimate of drug-likeness (QED) is 0.868. The summed E-state index contributed by atoms with van der Waals surface area (Å²) in [5.41, 5.74) is 1.03. The summed E-state index contributed by atoms with van der Waals surface area (Å²) in [4.78, 5) is 0. The Labute approximate surface area is 122 Å². The Bertz CT molecular complexity index is 442. The van der Waals surface area contributed by atoms with Crippen LogP contribution in [0.1, 0.15) is 52.1 Å². The summed E-state index contributed by atoms with van der Waals surface area (Å²) >= 11 is 0. The fraction of sp³-hybridized carbons (Fsp3) is 0.647. The first kappa shape index (κ1) is 15.3. The van der Waals surface area contributed by atoms with Crippen molar-refractivity contribution < 1.29 is 9.84 Å². The van der Waals surface area contributed by atoms with Crippen LogP contribution in [0.2, 0.25) is 0 Å². The summed E-state index contributed by atoms with van der Waals surface area (Å²) in [6, 6.07) is 8.42. The molecule has 0 bridgehead atoms. The van der Waals surface area contributed by atoms with Gasteiger partial charge in [0, 0.05) is 24.6 Å². The molecular formula is C17H27NO2. The number of benzene rings is 1. The molecule has 20 heavy (non-hydrogen) atoms. The summed E-state index contributed by atoms with van der Waals surface area (Å²) in [7, 11) is 0. The van der Waals surface area contributed by atoms with E-state index in [1.54, 1.807) is 0 Å². The lowest BCUT2D eigenvalue weighted by Gasteiger charge is -2.38. The van der Waals surface area contributed by atoms with E-state index in [-0.39, 0.29) is 17.7 Å². The van der Waals surface area contributed by atoms with Crippen molar-refractivity contribution in [3.8, 4) is 5.75 Å².